The van der Waals surface area contributed by atoms with E-state index in [1.54, 1.807) is 35.2 Å². The number of hydrogen-bond acceptors (Lipinski definition) is 5. The lowest BCUT2D eigenvalue weighted by Gasteiger charge is -2.16. The van der Waals surface area contributed by atoms with Crippen molar-refractivity contribution < 1.29 is 23.9 Å². The molecule has 0 bridgehead atoms. The molecule has 1 aliphatic heterocycles. The highest BCUT2D eigenvalue weighted by Gasteiger charge is 2.21. The van der Waals surface area contributed by atoms with Gasteiger partial charge in [-0.15, -0.1) is 0 Å². The van der Waals surface area contributed by atoms with E-state index in [9.17, 15) is 14.4 Å². The Morgan fingerprint density at radius 2 is 1.66 bits per heavy atom. The summed E-state index contributed by atoms with van der Waals surface area (Å²) in [4.78, 5) is 38.0. The lowest BCUT2D eigenvalue weighted by Crippen LogP contribution is -2.42. The van der Waals surface area contributed by atoms with Crippen molar-refractivity contribution in [1.29, 1.82) is 0 Å². The Labute approximate surface area is 168 Å². The third kappa shape index (κ3) is 5.04. The number of carbonyl (C=O) groups is 3. The number of hydrazine groups is 1. The molecule has 1 heterocycles. The van der Waals surface area contributed by atoms with Crippen molar-refractivity contribution in [2.24, 2.45) is 0 Å². The normalized spacial score (nSPS) is 13.2. The van der Waals surface area contributed by atoms with Gasteiger partial charge in [-0.2, -0.15) is 0 Å². The summed E-state index contributed by atoms with van der Waals surface area (Å²) in [6.45, 7) is 0.722. The van der Waals surface area contributed by atoms with Crippen LogP contribution in [-0.4, -0.2) is 38.5 Å². The van der Waals surface area contributed by atoms with Gasteiger partial charge < -0.3 is 14.4 Å². The van der Waals surface area contributed by atoms with Gasteiger partial charge in [0.25, 0.3) is 5.91 Å². The van der Waals surface area contributed by atoms with Gasteiger partial charge in [-0.3, -0.25) is 25.2 Å². The summed E-state index contributed by atoms with van der Waals surface area (Å²) < 4.78 is 10.3. The number of nitrogens with one attached hydrogen (secondary N) is 2. The van der Waals surface area contributed by atoms with Crippen LogP contribution in [0.2, 0.25) is 0 Å². The first-order valence-electron chi connectivity index (χ1n) is 9.21. The molecule has 1 fully saturated rings. The standard InChI is InChI=1S/C21H23N3O5/c1-28-17-11-15(12-18(13-17)29-2)21(27)23-22-19(25)10-14-5-7-16(8-6-14)24-9-3-4-20(24)26/h5-8,11-13H,3-4,9-10H2,1-2H3,(H,22,25)(H,23,27). The van der Waals surface area contributed by atoms with Gasteiger partial charge in [0, 0.05) is 30.3 Å². The monoisotopic (exact) mass is 397 g/mol. The van der Waals surface area contributed by atoms with E-state index in [0.717, 1.165) is 24.2 Å². The van der Waals surface area contributed by atoms with E-state index in [1.165, 1.54) is 14.2 Å². The van der Waals surface area contributed by atoms with Gasteiger partial charge in [0.05, 0.1) is 20.6 Å². The Morgan fingerprint density at radius 1 is 1.00 bits per heavy atom. The van der Waals surface area contributed by atoms with Crippen LogP contribution in [0.3, 0.4) is 0 Å². The average Bonchev–Trinajstić information content (AvgIpc) is 3.18. The number of methoxy groups -OCH3 is 2. The third-order valence-electron chi connectivity index (χ3n) is 4.62. The highest BCUT2D eigenvalue weighted by Crippen LogP contribution is 2.23. The number of carbonyl (C=O) groups excluding carboxylic acids is 3. The van der Waals surface area contributed by atoms with Gasteiger partial charge in [-0.05, 0) is 36.2 Å². The predicted octanol–water partition coefficient (Wildman–Crippen LogP) is 1.83. The van der Waals surface area contributed by atoms with E-state index in [4.69, 9.17) is 9.47 Å². The Hall–Kier alpha value is -3.55. The molecule has 0 aliphatic carbocycles. The van der Waals surface area contributed by atoms with Crippen LogP contribution in [-0.2, 0) is 16.0 Å². The maximum Gasteiger partial charge on any atom is 0.269 e. The molecule has 3 amide bonds. The maximum absolute atomic E-state index is 12.3. The van der Waals surface area contributed by atoms with E-state index in [2.05, 4.69) is 10.9 Å². The van der Waals surface area contributed by atoms with Crippen LogP contribution in [0.15, 0.2) is 42.5 Å². The molecule has 0 saturated carbocycles. The molecular formula is C21H23N3O5. The minimum Gasteiger partial charge on any atom is -0.497 e. The van der Waals surface area contributed by atoms with Crippen molar-refractivity contribution in [2.45, 2.75) is 19.3 Å². The summed E-state index contributed by atoms with van der Waals surface area (Å²) in [6.07, 6.45) is 1.53. The van der Waals surface area contributed by atoms with Gasteiger partial charge in [0.1, 0.15) is 11.5 Å². The number of nitrogens with zero attached hydrogens (tertiary/aromatic N) is 1. The zero-order valence-electron chi connectivity index (χ0n) is 16.4. The van der Waals surface area contributed by atoms with Crippen LogP contribution < -0.4 is 25.2 Å². The zero-order valence-corrected chi connectivity index (χ0v) is 16.4. The van der Waals surface area contributed by atoms with E-state index in [-0.39, 0.29) is 18.2 Å². The summed E-state index contributed by atoms with van der Waals surface area (Å²) in [7, 11) is 2.98. The molecular weight excluding hydrogens is 374 g/mol. The first kappa shape index (κ1) is 20.2. The summed E-state index contributed by atoms with van der Waals surface area (Å²) in [5, 5.41) is 0. The van der Waals surface area contributed by atoms with Gasteiger partial charge >= 0.3 is 0 Å². The van der Waals surface area contributed by atoms with E-state index >= 15 is 0 Å². The van der Waals surface area contributed by atoms with Gasteiger partial charge in [-0.1, -0.05) is 12.1 Å². The topological polar surface area (TPSA) is 97.0 Å². The third-order valence-corrected chi connectivity index (χ3v) is 4.62. The second-order valence-corrected chi connectivity index (χ2v) is 6.60. The Bertz CT molecular complexity index is 889. The van der Waals surface area contributed by atoms with Crippen molar-refractivity contribution in [3.8, 4) is 11.5 Å². The lowest BCUT2D eigenvalue weighted by atomic mass is 10.1. The van der Waals surface area contributed by atoms with Crippen LogP contribution >= 0.6 is 0 Å². The van der Waals surface area contributed by atoms with Crippen LogP contribution in [0.4, 0.5) is 5.69 Å². The fourth-order valence-corrected chi connectivity index (χ4v) is 3.08. The Kier molecular flexibility index (Phi) is 6.33. The number of anilines is 1. The van der Waals surface area contributed by atoms with Crippen LogP contribution in [0, 0.1) is 0 Å². The Morgan fingerprint density at radius 3 is 2.21 bits per heavy atom. The summed E-state index contributed by atoms with van der Waals surface area (Å²) in [5.41, 5.74) is 6.67. The SMILES string of the molecule is COc1cc(OC)cc(C(=O)NNC(=O)Cc2ccc(N3CCCC3=O)cc2)c1. The van der Waals surface area contributed by atoms with Crippen LogP contribution in [0.25, 0.3) is 0 Å². The Balaban J connectivity index is 1.54. The van der Waals surface area contributed by atoms with Crippen LogP contribution in [0.5, 0.6) is 11.5 Å². The molecule has 1 saturated heterocycles. The van der Waals surface area contributed by atoms with Gasteiger partial charge in [-0.25, -0.2) is 0 Å². The molecule has 152 valence electrons. The maximum atomic E-state index is 12.3. The first-order chi connectivity index (χ1) is 14.0. The second-order valence-electron chi connectivity index (χ2n) is 6.60. The van der Waals surface area contributed by atoms with Crippen molar-refractivity contribution in [1.82, 2.24) is 10.9 Å². The van der Waals surface area contributed by atoms with Gasteiger partial charge in [0.15, 0.2) is 0 Å². The molecule has 8 heteroatoms. The van der Waals surface area contributed by atoms with Crippen molar-refractivity contribution in [3.63, 3.8) is 0 Å². The average molecular weight is 397 g/mol. The molecule has 2 aromatic carbocycles. The quantitative estimate of drug-likeness (QED) is 0.725. The smallest absolute Gasteiger partial charge is 0.269 e. The predicted molar refractivity (Wildman–Crippen MR) is 107 cm³/mol. The fraction of sp³-hybridized carbons (Fsp3) is 0.286. The molecule has 29 heavy (non-hydrogen) atoms. The molecule has 2 aromatic rings. The largest absolute Gasteiger partial charge is 0.497 e. The van der Waals surface area contributed by atoms with Crippen molar-refractivity contribution in [2.75, 3.05) is 25.7 Å². The minimum atomic E-state index is -0.488. The van der Waals surface area contributed by atoms with Gasteiger partial charge in [0.2, 0.25) is 11.8 Å². The van der Waals surface area contributed by atoms with E-state index < -0.39 is 5.91 Å². The molecule has 0 radical (unpaired) electrons. The fourth-order valence-electron chi connectivity index (χ4n) is 3.08. The summed E-state index contributed by atoms with van der Waals surface area (Å²) >= 11 is 0. The van der Waals surface area contributed by atoms with Crippen molar-refractivity contribution in [3.05, 3.63) is 53.6 Å². The number of amides is 3. The van der Waals surface area contributed by atoms with Crippen molar-refractivity contribution >= 4 is 23.4 Å². The molecule has 0 aromatic heterocycles. The van der Waals surface area contributed by atoms with E-state index in [0.29, 0.717) is 23.5 Å². The number of rotatable bonds is 6. The highest BCUT2D eigenvalue weighted by atomic mass is 16.5. The summed E-state index contributed by atoms with van der Waals surface area (Å²) in [5.74, 6) is 0.207. The lowest BCUT2D eigenvalue weighted by molar-refractivity contribution is -0.121. The first-order valence-corrected chi connectivity index (χ1v) is 9.21. The highest BCUT2D eigenvalue weighted by molar-refractivity contribution is 5.96. The van der Waals surface area contributed by atoms with Crippen LogP contribution in [0.1, 0.15) is 28.8 Å². The second kappa shape index (κ2) is 9.09. The molecule has 0 spiro atoms. The molecule has 8 nitrogen and oxygen atoms in total. The number of hydrogen-bond donors (Lipinski definition) is 2. The minimum absolute atomic E-state index is 0.0932. The van der Waals surface area contributed by atoms with E-state index in [1.807, 2.05) is 12.1 Å². The summed E-state index contributed by atoms with van der Waals surface area (Å²) in [6, 6.07) is 12.0. The molecule has 3 rings (SSSR count). The zero-order chi connectivity index (χ0) is 20.8. The molecule has 1 aliphatic rings. The number of ether oxygens (including phenoxy) is 2. The number of benzene rings is 2. The molecule has 0 unspecified atom stereocenters. The molecule has 2 N–H and O–H groups in total. The molecule has 0 atom stereocenters.